The Labute approximate surface area is 190 Å². The average Bonchev–Trinajstić information content (AvgIpc) is 2.74. The number of carbonyl (C=O) groups is 1. The maximum Gasteiger partial charge on any atom is 0.239 e. The highest BCUT2D eigenvalue weighted by molar-refractivity contribution is 14.0. The SMILES string of the molecule is CCc1ccccc1CNC(=NC)NCc1ccc(N2CCNC(=O)C2)cc1.I. The van der Waals surface area contributed by atoms with Gasteiger partial charge in [0.05, 0.1) is 6.54 Å². The van der Waals surface area contributed by atoms with Gasteiger partial charge >= 0.3 is 0 Å². The van der Waals surface area contributed by atoms with Gasteiger partial charge < -0.3 is 20.9 Å². The molecule has 1 heterocycles. The van der Waals surface area contributed by atoms with Gasteiger partial charge in [-0.2, -0.15) is 0 Å². The van der Waals surface area contributed by atoms with Gasteiger partial charge in [-0.15, -0.1) is 24.0 Å². The molecule has 29 heavy (non-hydrogen) atoms. The van der Waals surface area contributed by atoms with E-state index in [1.54, 1.807) is 7.05 Å². The van der Waals surface area contributed by atoms with Crippen LogP contribution in [0.2, 0.25) is 0 Å². The minimum atomic E-state index is 0. The number of amides is 1. The largest absolute Gasteiger partial charge is 0.360 e. The Morgan fingerprint density at radius 2 is 1.76 bits per heavy atom. The van der Waals surface area contributed by atoms with E-state index >= 15 is 0 Å². The molecule has 3 rings (SSSR count). The summed E-state index contributed by atoms with van der Waals surface area (Å²) in [7, 11) is 1.78. The first-order chi connectivity index (χ1) is 13.7. The molecule has 6 nitrogen and oxygen atoms in total. The number of hydrogen-bond donors (Lipinski definition) is 3. The summed E-state index contributed by atoms with van der Waals surface area (Å²) in [6.07, 6.45) is 1.02. The highest BCUT2D eigenvalue weighted by Gasteiger charge is 2.16. The fourth-order valence-corrected chi connectivity index (χ4v) is 3.34. The fraction of sp³-hybridized carbons (Fsp3) is 0.364. The zero-order chi connectivity index (χ0) is 19.8. The standard InChI is InChI=1S/C22H29N5O.HI/c1-3-18-6-4-5-7-19(18)15-26-22(23-2)25-14-17-8-10-20(11-9-17)27-13-12-24-21(28)16-27;/h4-11H,3,12-16H2,1-2H3,(H,24,28)(H2,23,25,26);1H. The van der Waals surface area contributed by atoms with Crippen molar-refractivity contribution in [2.24, 2.45) is 4.99 Å². The lowest BCUT2D eigenvalue weighted by Gasteiger charge is -2.28. The van der Waals surface area contributed by atoms with Crippen molar-refractivity contribution in [1.82, 2.24) is 16.0 Å². The van der Waals surface area contributed by atoms with E-state index in [-0.39, 0.29) is 29.9 Å². The highest BCUT2D eigenvalue weighted by Crippen LogP contribution is 2.16. The molecule has 1 aliphatic heterocycles. The molecule has 0 aromatic heterocycles. The normalized spacial score (nSPS) is 14.1. The number of aryl methyl sites for hydroxylation is 1. The molecule has 2 aromatic carbocycles. The molecule has 3 N–H and O–H groups in total. The predicted molar refractivity (Wildman–Crippen MR) is 130 cm³/mol. The van der Waals surface area contributed by atoms with Crippen LogP contribution in [0.15, 0.2) is 53.5 Å². The van der Waals surface area contributed by atoms with E-state index in [0.717, 1.165) is 31.2 Å². The lowest BCUT2D eigenvalue weighted by Crippen LogP contribution is -2.47. The maximum atomic E-state index is 11.5. The number of halogens is 1. The van der Waals surface area contributed by atoms with Crippen LogP contribution in [0.3, 0.4) is 0 Å². The van der Waals surface area contributed by atoms with Crippen molar-refractivity contribution in [2.75, 3.05) is 31.6 Å². The van der Waals surface area contributed by atoms with E-state index in [9.17, 15) is 4.79 Å². The molecule has 7 heteroatoms. The topological polar surface area (TPSA) is 68.8 Å². The molecule has 0 bridgehead atoms. The van der Waals surface area contributed by atoms with Gasteiger partial charge in [0.25, 0.3) is 0 Å². The van der Waals surface area contributed by atoms with Crippen molar-refractivity contribution in [3.8, 4) is 0 Å². The molecule has 0 radical (unpaired) electrons. The van der Waals surface area contributed by atoms with Crippen molar-refractivity contribution >= 4 is 41.5 Å². The Morgan fingerprint density at radius 1 is 1.07 bits per heavy atom. The molecule has 0 aliphatic carbocycles. The van der Waals surface area contributed by atoms with Gasteiger partial charge in [-0.3, -0.25) is 9.79 Å². The van der Waals surface area contributed by atoms with Crippen LogP contribution in [0.4, 0.5) is 5.69 Å². The second-order valence-corrected chi connectivity index (χ2v) is 6.84. The summed E-state index contributed by atoms with van der Waals surface area (Å²) in [5.41, 5.74) is 4.90. The van der Waals surface area contributed by atoms with Gasteiger partial charge in [0.1, 0.15) is 0 Å². The van der Waals surface area contributed by atoms with E-state index < -0.39 is 0 Å². The maximum absolute atomic E-state index is 11.5. The van der Waals surface area contributed by atoms with Crippen molar-refractivity contribution in [2.45, 2.75) is 26.4 Å². The Hall–Kier alpha value is -2.29. The number of guanidine groups is 1. The van der Waals surface area contributed by atoms with Crippen LogP contribution in [0.1, 0.15) is 23.6 Å². The molecule has 1 fully saturated rings. The zero-order valence-electron chi connectivity index (χ0n) is 17.1. The number of anilines is 1. The number of nitrogens with zero attached hydrogens (tertiary/aromatic N) is 2. The summed E-state index contributed by atoms with van der Waals surface area (Å²) in [6.45, 7) is 5.58. The third kappa shape index (κ3) is 6.62. The molecule has 0 spiro atoms. The van der Waals surface area contributed by atoms with Crippen LogP contribution >= 0.6 is 24.0 Å². The van der Waals surface area contributed by atoms with Gasteiger partial charge in [0.15, 0.2) is 5.96 Å². The number of nitrogens with one attached hydrogen (secondary N) is 3. The van der Waals surface area contributed by atoms with Gasteiger partial charge in [-0.05, 0) is 35.2 Å². The second kappa shape index (κ2) is 11.6. The Morgan fingerprint density at radius 3 is 2.41 bits per heavy atom. The van der Waals surface area contributed by atoms with Crippen LogP contribution in [0, 0.1) is 0 Å². The fourth-order valence-electron chi connectivity index (χ4n) is 3.34. The van der Waals surface area contributed by atoms with Crippen molar-refractivity contribution in [3.05, 3.63) is 65.2 Å². The lowest BCUT2D eigenvalue weighted by molar-refractivity contribution is -0.120. The summed E-state index contributed by atoms with van der Waals surface area (Å²) >= 11 is 0. The van der Waals surface area contributed by atoms with Gasteiger partial charge in [-0.1, -0.05) is 43.3 Å². The number of rotatable bonds is 6. The van der Waals surface area contributed by atoms with Crippen molar-refractivity contribution < 1.29 is 4.79 Å². The lowest BCUT2D eigenvalue weighted by atomic mass is 10.1. The predicted octanol–water partition coefficient (Wildman–Crippen LogP) is 2.67. The number of carbonyl (C=O) groups excluding carboxylic acids is 1. The highest BCUT2D eigenvalue weighted by atomic mass is 127. The minimum absolute atomic E-state index is 0. The Bertz CT molecular complexity index is 822. The molecular formula is C22H30IN5O. The number of benzene rings is 2. The van der Waals surface area contributed by atoms with Crippen LogP contribution in [-0.2, 0) is 24.3 Å². The second-order valence-electron chi connectivity index (χ2n) is 6.84. The molecule has 156 valence electrons. The van der Waals surface area contributed by atoms with E-state index in [1.165, 1.54) is 16.7 Å². The summed E-state index contributed by atoms with van der Waals surface area (Å²) in [6, 6.07) is 16.8. The third-order valence-corrected chi connectivity index (χ3v) is 4.97. The first-order valence-electron chi connectivity index (χ1n) is 9.81. The van der Waals surface area contributed by atoms with E-state index in [0.29, 0.717) is 19.6 Å². The summed E-state index contributed by atoms with van der Waals surface area (Å²) in [5.74, 6) is 0.860. The third-order valence-electron chi connectivity index (χ3n) is 4.97. The zero-order valence-corrected chi connectivity index (χ0v) is 19.4. The van der Waals surface area contributed by atoms with Gasteiger partial charge in [-0.25, -0.2) is 0 Å². The Balaban J connectivity index is 0.00000300. The molecule has 1 aliphatic rings. The average molecular weight is 507 g/mol. The van der Waals surface area contributed by atoms with E-state index in [4.69, 9.17) is 0 Å². The van der Waals surface area contributed by atoms with Crippen molar-refractivity contribution in [3.63, 3.8) is 0 Å². The molecule has 1 saturated heterocycles. The first kappa shape index (κ1) is 23.0. The minimum Gasteiger partial charge on any atom is -0.360 e. The molecular weight excluding hydrogens is 477 g/mol. The summed E-state index contributed by atoms with van der Waals surface area (Å²) < 4.78 is 0. The molecule has 2 aromatic rings. The molecule has 0 unspecified atom stereocenters. The number of piperazine rings is 1. The van der Waals surface area contributed by atoms with E-state index in [2.05, 4.69) is 81.3 Å². The first-order valence-corrected chi connectivity index (χ1v) is 9.81. The Kier molecular flexibility index (Phi) is 9.24. The van der Waals surface area contributed by atoms with E-state index in [1.807, 2.05) is 0 Å². The van der Waals surface area contributed by atoms with Crippen LogP contribution in [0.5, 0.6) is 0 Å². The smallest absolute Gasteiger partial charge is 0.239 e. The molecule has 0 atom stereocenters. The quantitative estimate of drug-likeness (QED) is 0.320. The van der Waals surface area contributed by atoms with Gasteiger partial charge in [0, 0.05) is 38.9 Å². The van der Waals surface area contributed by atoms with Crippen LogP contribution < -0.4 is 20.9 Å². The molecule has 1 amide bonds. The number of hydrogen-bond acceptors (Lipinski definition) is 3. The molecule has 0 saturated carbocycles. The van der Waals surface area contributed by atoms with Crippen molar-refractivity contribution in [1.29, 1.82) is 0 Å². The summed E-state index contributed by atoms with van der Waals surface area (Å²) in [5, 5.41) is 9.60. The van der Waals surface area contributed by atoms with Crippen LogP contribution in [0.25, 0.3) is 0 Å². The van der Waals surface area contributed by atoms with Crippen LogP contribution in [-0.4, -0.2) is 38.5 Å². The van der Waals surface area contributed by atoms with Gasteiger partial charge in [0.2, 0.25) is 5.91 Å². The number of aliphatic imine (C=N–C) groups is 1. The summed E-state index contributed by atoms with van der Waals surface area (Å²) in [4.78, 5) is 18.0. The monoisotopic (exact) mass is 507 g/mol.